The molecule has 3 N–H and O–H groups in total. The Morgan fingerprint density at radius 1 is 1.18 bits per heavy atom. The number of ether oxygens (including phenoxy) is 1. The predicted octanol–water partition coefficient (Wildman–Crippen LogP) is 0.539. The molecule has 5 atom stereocenters. The molecular formula is C11H20F2O4. The standard InChI is InChI=1S/C11H20F2O4/c1-2-3-4-6-8(11(12)13)10(16)9(15)7(5-14)17-6/h6-11,14-16H,2-5H2,1H3. The second kappa shape index (κ2) is 6.58. The van der Waals surface area contributed by atoms with E-state index in [2.05, 4.69) is 0 Å². The minimum atomic E-state index is -2.75. The number of aliphatic hydroxyl groups excluding tert-OH is 3. The van der Waals surface area contributed by atoms with Gasteiger partial charge in [-0.1, -0.05) is 19.8 Å². The molecule has 1 aliphatic rings. The Morgan fingerprint density at radius 3 is 2.29 bits per heavy atom. The first-order chi connectivity index (χ1) is 8.02. The highest BCUT2D eigenvalue weighted by Crippen LogP contribution is 2.33. The monoisotopic (exact) mass is 254 g/mol. The third-order valence-corrected chi connectivity index (χ3v) is 3.22. The van der Waals surface area contributed by atoms with E-state index in [1.54, 1.807) is 0 Å². The van der Waals surface area contributed by atoms with E-state index in [-0.39, 0.29) is 0 Å². The van der Waals surface area contributed by atoms with E-state index in [4.69, 9.17) is 9.84 Å². The fourth-order valence-corrected chi connectivity index (χ4v) is 2.19. The van der Waals surface area contributed by atoms with Crippen LogP contribution in [0.2, 0.25) is 0 Å². The van der Waals surface area contributed by atoms with Gasteiger partial charge in [0.25, 0.3) is 0 Å². The van der Waals surface area contributed by atoms with E-state index in [0.717, 1.165) is 6.42 Å². The lowest BCUT2D eigenvalue weighted by Gasteiger charge is -2.42. The van der Waals surface area contributed by atoms with Crippen LogP contribution in [0.4, 0.5) is 8.78 Å². The van der Waals surface area contributed by atoms with Crippen molar-refractivity contribution in [3.63, 3.8) is 0 Å². The van der Waals surface area contributed by atoms with E-state index in [1.807, 2.05) is 6.92 Å². The SMILES string of the molecule is CCCCC1OC(CO)C(O)C(O)C1C(F)F. The summed E-state index contributed by atoms with van der Waals surface area (Å²) in [5.41, 5.74) is 0. The Hall–Kier alpha value is -0.300. The molecule has 1 heterocycles. The smallest absolute Gasteiger partial charge is 0.246 e. The van der Waals surface area contributed by atoms with Crippen molar-refractivity contribution in [1.82, 2.24) is 0 Å². The molecule has 0 aromatic rings. The summed E-state index contributed by atoms with van der Waals surface area (Å²) >= 11 is 0. The first kappa shape index (κ1) is 14.8. The van der Waals surface area contributed by atoms with Crippen LogP contribution in [0.5, 0.6) is 0 Å². The van der Waals surface area contributed by atoms with Crippen molar-refractivity contribution in [1.29, 1.82) is 0 Å². The Balaban J connectivity index is 2.75. The van der Waals surface area contributed by atoms with Crippen molar-refractivity contribution in [2.75, 3.05) is 6.61 Å². The van der Waals surface area contributed by atoms with Gasteiger partial charge in [0.1, 0.15) is 12.2 Å². The van der Waals surface area contributed by atoms with Gasteiger partial charge in [0, 0.05) is 0 Å². The average Bonchev–Trinajstić information content (AvgIpc) is 2.29. The average molecular weight is 254 g/mol. The molecule has 0 aromatic carbocycles. The third-order valence-electron chi connectivity index (χ3n) is 3.22. The molecule has 0 spiro atoms. The maximum Gasteiger partial charge on any atom is 0.246 e. The van der Waals surface area contributed by atoms with Gasteiger partial charge in [0.2, 0.25) is 6.43 Å². The largest absolute Gasteiger partial charge is 0.394 e. The van der Waals surface area contributed by atoms with Gasteiger partial charge < -0.3 is 20.1 Å². The fourth-order valence-electron chi connectivity index (χ4n) is 2.19. The van der Waals surface area contributed by atoms with E-state index in [9.17, 15) is 19.0 Å². The summed E-state index contributed by atoms with van der Waals surface area (Å²) in [6.07, 6.45) is -5.63. The molecule has 1 saturated heterocycles. The number of rotatable bonds is 5. The minimum absolute atomic E-state index is 0.395. The fraction of sp³-hybridized carbons (Fsp3) is 1.00. The summed E-state index contributed by atoms with van der Waals surface area (Å²) in [5, 5.41) is 28.2. The second-order valence-corrected chi connectivity index (χ2v) is 4.43. The van der Waals surface area contributed by atoms with E-state index >= 15 is 0 Å². The van der Waals surface area contributed by atoms with Crippen LogP contribution in [-0.2, 0) is 4.74 Å². The number of alkyl halides is 2. The van der Waals surface area contributed by atoms with Gasteiger partial charge in [-0.05, 0) is 6.42 Å². The zero-order valence-electron chi connectivity index (χ0n) is 9.80. The van der Waals surface area contributed by atoms with Crippen molar-refractivity contribution < 1.29 is 28.8 Å². The molecule has 0 amide bonds. The van der Waals surface area contributed by atoms with Gasteiger partial charge in [0.05, 0.1) is 24.7 Å². The van der Waals surface area contributed by atoms with Crippen LogP contribution in [0.1, 0.15) is 26.2 Å². The molecule has 4 nitrogen and oxygen atoms in total. The number of unbranched alkanes of at least 4 members (excludes halogenated alkanes) is 1. The molecule has 0 saturated carbocycles. The maximum absolute atomic E-state index is 12.8. The van der Waals surface area contributed by atoms with Crippen LogP contribution >= 0.6 is 0 Å². The van der Waals surface area contributed by atoms with Gasteiger partial charge in [-0.2, -0.15) is 0 Å². The highest BCUT2D eigenvalue weighted by Gasteiger charge is 2.47. The molecule has 102 valence electrons. The predicted molar refractivity (Wildman–Crippen MR) is 56.8 cm³/mol. The lowest BCUT2D eigenvalue weighted by atomic mass is 9.85. The van der Waals surface area contributed by atoms with Gasteiger partial charge in [0.15, 0.2) is 0 Å². The molecule has 0 aliphatic carbocycles. The summed E-state index contributed by atoms with van der Waals surface area (Å²) in [4.78, 5) is 0. The van der Waals surface area contributed by atoms with Gasteiger partial charge in [-0.25, -0.2) is 8.78 Å². The number of halogens is 2. The minimum Gasteiger partial charge on any atom is -0.394 e. The first-order valence-corrected chi connectivity index (χ1v) is 5.93. The molecule has 0 aromatic heterocycles. The number of aliphatic hydroxyl groups is 3. The van der Waals surface area contributed by atoms with Crippen LogP contribution in [0.25, 0.3) is 0 Å². The molecule has 5 unspecified atom stereocenters. The zero-order valence-corrected chi connectivity index (χ0v) is 9.80. The maximum atomic E-state index is 12.8. The van der Waals surface area contributed by atoms with Crippen molar-refractivity contribution in [3.8, 4) is 0 Å². The Labute approximate surface area is 99.2 Å². The lowest BCUT2D eigenvalue weighted by molar-refractivity contribution is -0.233. The van der Waals surface area contributed by atoms with E-state index in [0.29, 0.717) is 12.8 Å². The highest BCUT2D eigenvalue weighted by molar-refractivity contribution is 4.92. The molecule has 1 fully saturated rings. The molecule has 0 bridgehead atoms. The molecule has 1 aliphatic heterocycles. The van der Waals surface area contributed by atoms with Crippen LogP contribution in [0, 0.1) is 5.92 Å². The number of hydrogen-bond donors (Lipinski definition) is 3. The zero-order chi connectivity index (χ0) is 13.0. The van der Waals surface area contributed by atoms with Crippen LogP contribution < -0.4 is 0 Å². The Kier molecular flexibility index (Phi) is 5.72. The topological polar surface area (TPSA) is 69.9 Å². The van der Waals surface area contributed by atoms with Crippen molar-refractivity contribution in [2.24, 2.45) is 5.92 Å². The molecule has 0 radical (unpaired) electrons. The number of hydrogen-bond acceptors (Lipinski definition) is 4. The summed E-state index contributed by atoms with van der Waals surface area (Å²) in [5.74, 6) is -1.39. The summed E-state index contributed by atoms with van der Waals surface area (Å²) in [6.45, 7) is 1.44. The summed E-state index contributed by atoms with van der Waals surface area (Å²) in [7, 11) is 0. The molecular weight excluding hydrogens is 234 g/mol. The molecule has 1 rings (SSSR count). The Morgan fingerprint density at radius 2 is 1.82 bits per heavy atom. The highest BCUT2D eigenvalue weighted by atomic mass is 19.3. The van der Waals surface area contributed by atoms with Gasteiger partial charge >= 0.3 is 0 Å². The second-order valence-electron chi connectivity index (χ2n) is 4.43. The molecule has 17 heavy (non-hydrogen) atoms. The van der Waals surface area contributed by atoms with Crippen molar-refractivity contribution >= 4 is 0 Å². The van der Waals surface area contributed by atoms with Crippen LogP contribution in [-0.4, -0.2) is 52.8 Å². The van der Waals surface area contributed by atoms with Gasteiger partial charge in [-0.3, -0.25) is 0 Å². The van der Waals surface area contributed by atoms with Gasteiger partial charge in [-0.15, -0.1) is 0 Å². The van der Waals surface area contributed by atoms with Crippen LogP contribution in [0.3, 0.4) is 0 Å². The van der Waals surface area contributed by atoms with Crippen molar-refractivity contribution in [2.45, 2.75) is 57.0 Å². The first-order valence-electron chi connectivity index (χ1n) is 5.93. The summed E-state index contributed by atoms with van der Waals surface area (Å²) in [6, 6.07) is 0. The Bertz CT molecular complexity index is 228. The third kappa shape index (κ3) is 3.34. The van der Waals surface area contributed by atoms with Crippen molar-refractivity contribution in [3.05, 3.63) is 0 Å². The summed E-state index contributed by atoms with van der Waals surface area (Å²) < 4.78 is 30.9. The van der Waals surface area contributed by atoms with E-state index < -0.39 is 43.4 Å². The normalized spacial score (nSPS) is 38.6. The van der Waals surface area contributed by atoms with E-state index in [1.165, 1.54) is 0 Å². The molecule has 6 heteroatoms. The quantitative estimate of drug-likeness (QED) is 0.669. The van der Waals surface area contributed by atoms with Crippen LogP contribution in [0.15, 0.2) is 0 Å². The lowest BCUT2D eigenvalue weighted by Crippen LogP contribution is -2.57.